The van der Waals surface area contributed by atoms with E-state index in [4.69, 9.17) is 0 Å². The third-order valence-electron chi connectivity index (χ3n) is 9.07. The number of amides is 4. The fourth-order valence-corrected chi connectivity index (χ4v) is 7.57. The van der Waals surface area contributed by atoms with E-state index in [0.717, 1.165) is 9.80 Å². The molecule has 0 N–H and O–H groups in total. The average Bonchev–Trinajstić information content (AvgIpc) is 3.44. The third kappa shape index (κ3) is 3.05. The second-order valence-corrected chi connectivity index (χ2v) is 10.8. The number of allylic oxidation sites excluding steroid dienone is 2. The van der Waals surface area contributed by atoms with Crippen LogP contribution in [0, 0.1) is 49.8 Å². The fraction of sp³-hybridized carbons (Fsp3) is 0.200. The van der Waals surface area contributed by atoms with E-state index in [-0.39, 0.29) is 11.4 Å². The van der Waals surface area contributed by atoms with Crippen LogP contribution in [-0.2, 0) is 24.6 Å². The van der Waals surface area contributed by atoms with Crippen molar-refractivity contribution in [2.75, 3.05) is 9.80 Å². The predicted molar refractivity (Wildman–Crippen MR) is 146 cm³/mol. The minimum absolute atomic E-state index is 0.182. The molecule has 0 spiro atoms. The van der Waals surface area contributed by atoms with Crippen molar-refractivity contribution in [1.29, 1.82) is 0 Å². The fourth-order valence-electron chi connectivity index (χ4n) is 7.57. The molecule has 3 fully saturated rings. The number of rotatable bonds is 5. The highest BCUT2D eigenvalue weighted by Crippen LogP contribution is 2.65. The molecule has 0 aromatic heterocycles. The van der Waals surface area contributed by atoms with Gasteiger partial charge >= 0.3 is 0 Å². The Morgan fingerprint density at radius 1 is 0.595 bits per heavy atom. The number of imide groups is 2. The monoisotopic (exact) mass is 564 g/mol. The number of anilines is 2. The van der Waals surface area contributed by atoms with Crippen LogP contribution < -0.4 is 9.80 Å². The molecule has 3 aromatic carbocycles. The highest BCUT2D eigenvalue weighted by Gasteiger charge is 2.75. The molecule has 2 heterocycles. The lowest BCUT2D eigenvalue weighted by Gasteiger charge is -2.53. The van der Waals surface area contributed by atoms with Crippen molar-refractivity contribution < 1.29 is 29.0 Å². The van der Waals surface area contributed by atoms with Gasteiger partial charge in [-0.1, -0.05) is 66.7 Å². The number of carbonyl (C=O) groups is 4. The molecule has 12 heteroatoms. The van der Waals surface area contributed by atoms with Crippen molar-refractivity contribution in [3.63, 3.8) is 0 Å². The smallest absolute Gasteiger partial charge is 0.274 e. The summed E-state index contributed by atoms with van der Waals surface area (Å²) in [5.41, 5.74) is -2.18. The third-order valence-corrected chi connectivity index (χ3v) is 9.07. The molecule has 5 aliphatic rings. The average molecular weight is 565 g/mol. The van der Waals surface area contributed by atoms with Gasteiger partial charge in [-0.3, -0.25) is 39.4 Å². The van der Waals surface area contributed by atoms with E-state index >= 15 is 0 Å². The van der Waals surface area contributed by atoms with Gasteiger partial charge in [0.1, 0.15) is 11.4 Å². The molecule has 1 saturated carbocycles. The SMILES string of the molecule is O=C1[C@H]2C3C=CC(c4ccccc4)([C@H]2C(=O)N1c1ccccc1[N+](=O)[O-])[C@H]1C(=O)N(c2ccccc2[N+](=O)[O-])C(=O)[C@@H]31. The van der Waals surface area contributed by atoms with Gasteiger partial charge in [0.15, 0.2) is 0 Å². The van der Waals surface area contributed by atoms with E-state index in [1.165, 1.54) is 48.5 Å². The number of hydrogen-bond acceptors (Lipinski definition) is 8. The maximum absolute atomic E-state index is 14.3. The van der Waals surface area contributed by atoms with Crippen LogP contribution in [0.25, 0.3) is 0 Å². The quantitative estimate of drug-likeness (QED) is 0.197. The van der Waals surface area contributed by atoms with E-state index in [2.05, 4.69) is 0 Å². The summed E-state index contributed by atoms with van der Waals surface area (Å²) in [4.78, 5) is 80.8. The summed E-state index contributed by atoms with van der Waals surface area (Å²) in [7, 11) is 0. The van der Waals surface area contributed by atoms with Crippen molar-refractivity contribution in [3.8, 4) is 0 Å². The van der Waals surface area contributed by atoms with Crippen molar-refractivity contribution >= 4 is 46.4 Å². The van der Waals surface area contributed by atoms with Crippen molar-refractivity contribution in [2.45, 2.75) is 5.41 Å². The van der Waals surface area contributed by atoms with Crippen LogP contribution in [0.5, 0.6) is 0 Å². The van der Waals surface area contributed by atoms with Gasteiger partial charge in [-0.2, -0.15) is 0 Å². The normalized spacial score (nSPS) is 29.2. The van der Waals surface area contributed by atoms with Crippen LogP contribution in [0.4, 0.5) is 22.7 Å². The molecule has 2 aliphatic heterocycles. The number of para-hydroxylation sites is 4. The Balaban J connectivity index is 1.44. The summed E-state index contributed by atoms with van der Waals surface area (Å²) in [5, 5.41) is 23.6. The molecule has 4 atom stereocenters. The molecule has 2 saturated heterocycles. The van der Waals surface area contributed by atoms with Gasteiger partial charge in [-0.05, 0) is 17.7 Å². The zero-order valence-electron chi connectivity index (χ0n) is 21.6. The maximum Gasteiger partial charge on any atom is 0.293 e. The number of carbonyl (C=O) groups excluding carboxylic acids is 4. The van der Waals surface area contributed by atoms with Gasteiger partial charge in [-0.25, -0.2) is 9.80 Å². The van der Waals surface area contributed by atoms with Gasteiger partial charge in [-0.15, -0.1) is 0 Å². The lowest BCUT2D eigenvalue weighted by molar-refractivity contribution is -0.384. The first-order valence-corrected chi connectivity index (χ1v) is 13.2. The topological polar surface area (TPSA) is 161 Å². The molecule has 0 radical (unpaired) electrons. The first kappa shape index (κ1) is 25.4. The number of hydrogen-bond donors (Lipinski definition) is 0. The van der Waals surface area contributed by atoms with Crippen molar-refractivity contribution in [1.82, 2.24) is 0 Å². The Hall–Kier alpha value is -5.52. The van der Waals surface area contributed by atoms with Crippen LogP contribution in [0.15, 0.2) is 91.0 Å². The number of nitro groups is 2. The molecule has 0 unspecified atom stereocenters. The Labute approximate surface area is 237 Å². The first-order valence-electron chi connectivity index (χ1n) is 13.2. The number of nitro benzene ring substituents is 2. The Morgan fingerprint density at radius 2 is 1.02 bits per heavy atom. The lowest BCUT2D eigenvalue weighted by atomic mass is 9.45. The van der Waals surface area contributed by atoms with Crippen LogP contribution >= 0.6 is 0 Å². The van der Waals surface area contributed by atoms with E-state index in [0.29, 0.717) is 5.56 Å². The summed E-state index contributed by atoms with van der Waals surface area (Å²) < 4.78 is 0. The molecule has 8 rings (SSSR count). The van der Waals surface area contributed by atoms with Crippen LogP contribution in [0.1, 0.15) is 5.56 Å². The van der Waals surface area contributed by atoms with Crippen LogP contribution in [0.3, 0.4) is 0 Å². The summed E-state index contributed by atoms with van der Waals surface area (Å²) in [6, 6.07) is 19.5. The molecule has 3 aromatic rings. The molecule has 208 valence electrons. The van der Waals surface area contributed by atoms with Gasteiger partial charge < -0.3 is 0 Å². The molecule has 4 amide bonds. The van der Waals surface area contributed by atoms with Crippen LogP contribution in [0.2, 0.25) is 0 Å². The number of benzene rings is 3. The minimum Gasteiger partial charge on any atom is -0.274 e. The van der Waals surface area contributed by atoms with Gasteiger partial charge in [0, 0.05) is 23.5 Å². The highest BCUT2D eigenvalue weighted by molar-refractivity contribution is 6.28. The largest absolute Gasteiger partial charge is 0.293 e. The second-order valence-electron chi connectivity index (χ2n) is 10.8. The number of nitrogens with zero attached hydrogens (tertiary/aromatic N) is 4. The molecular weight excluding hydrogens is 544 g/mol. The van der Waals surface area contributed by atoms with Crippen molar-refractivity contribution in [2.24, 2.45) is 29.6 Å². The molecule has 42 heavy (non-hydrogen) atoms. The molecular formula is C30H20N4O8. The zero-order chi connectivity index (χ0) is 29.5. The maximum atomic E-state index is 14.3. The summed E-state index contributed by atoms with van der Waals surface area (Å²) in [6.45, 7) is 0. The van der Waals surface area contributed by atoms with Gasteiger partial charge in [0.2, 0.25) is 23.6 Å². The van der Waals surface area contributed by atoms with E-state index < -0.39 is 79.9 Å². The Bertz CT molecular complexity index is 1680. The summed E-state index contributed by atoms with van der Waals surface area (Å²) in [5.74, 6) is -8.18. The predicted octanol–water partition coefficient (Wildman–Crippen LogP) is 3.55. The lowest BCUT2D eigenvalue weighted by Crippen LogP contribution is -2.60. The minimum atomic E-state index is -1.47. The van der Waals surface area contributed by atoms with Gasteiger partial charge in [0.05, 0.1) is 33.5 Å². The summed E-state index contributed by atoms with van der Waals surface area (Å²) >= 11 is 0. The Morgan fingerprint density at radius 3 is 1.48 bits per heavy atom. The van der Waals surface area contributed by atoms with Crippen molar-refractivity contribution in [3.05, 3.63) is 117 Å². The molecule has 3 aliphatic carbocycles. The van der Waals surface area contributed by atoms with E-state index in [9.17, 15) is 39.4 Å². The second kappa shape index (κ2) is 8.74. The van der Waals surface area contributed by atoms with E-state index in [1.54, 1.807) is 42.5 Å². The summed E-state index contributed by atoms with van der Waals surface area (Å²) in [6.07, 6.45) is 3.38. The zero-order valence-corrected chi connectivity index (χ0v) is 21.6. The molecule has 2 bridgehead atoms. The van der Waals surface area contributed by atoms with E-state index in [1.807, 2.05) is 0 Å². The highest BCUT2D eigenvalue weighted by atomic mass is 16.6. The first-order chi connectivity index (χ1) is 20.2. The van der Waals surface area contributed by atoms with Crippen LogP contribution in [-0.4, -0.2) is 33.5 Å². The Kier molecular flexibility index (Phi) is 5.29. The standard InChI is InChI=1S/C30H20N4O8/c35-26-22-17-14-15-30(16-8-2-1-3-9-16,24(22)28(37)31(26)18-10-4-6-12-20(18)33(39)40)25-23(17)27(36)32(29(25)38)19-11-5-7-13-21(19)34(41)42/h1-15,17,22-25H/t17?,22-,23-,24+,25+,30?/m0/s1. The molecule has 12 nitrogen and oxygen atoms in total. The van der Waals surface area contributed by atoms with Gasteiger partial charge in [0.25, 0.3) is 11.4 Å².